The van der Waals surface area contributed by atoms with Gasteiger partial charge >= 0.3 is 0 Å². The van der Waals surface area contributed by atoms with Crippen molar-refractivity contribution in [2.24, 2.45) is 11.8 Å². The van der Waals surface area contributed by atoms with Gasteiger partial charge in [0.05, 0.1) is 17.1 Å². The van der Waals surface area contributed by atoms with Crippen LogP contribution in [0.2, 0.25) is 0 Å². The van der Waals surface area contributed by atoms with Gasteiger partial charge in [-0.3, -0.25) is 4.72 Å². The molecule has 1 unspecified atom stereocenters. The van der Waals surface area contributed by atoms with Gasteiger partial charge in [0.15, 0.2) is 0 Å². The van der Waals surface area contributed by atoms with E-state index < -0.39 is 10.0 Å². The van der Waals surface area contributed by atoms with E-state index in [-0.39, 0.29) is 5.75 Å². The van der Waals surface area contributed by atoms with E-state index in [1.54, 1.807) is 19.2 Å². The van der Waals surface area contributed by atoms with Crippen LogP contribution in [-0.4, -0.2) is 23.7 Å². The van der Waals surface area contributed by atoms with Gasteiger partial charge in [0.1, 0.15) is 5.82 Å². The third-order valence-corrected chi connectivity index (χ3v) is 7.91. The summed E-state index contributed by atoms with van der Waals surface area (Å²) in [6.07, 6.45) is 13.9. The van der Waals surface area contributed by atoms with E-state index in [1.165, 1.54) is 42.7 Å². The minimum Gasteiger partial charge on any atom is -0.396 e. The lowest BCUT2D eigenvalue weighted by Crippen LogP contribution is -2.37. The van der Waals surface area contributed by atoms with E-state index >= 15 is 0 Å². The molecule has 1 atom stereocenters. The van der Waals surface area contributed by atoms with Gasteiger partial charge in [-0.2, -0.15) is 0 Å². The van der Waals surface area contributed by atoms with E-state index in [9.17, 15) is 8.42 Å². The zero-order chi connectivity index (χ0) is 20.2. The Balaban J connectivity index is 1.60. The Labute approximate surface area is 171 Å². The second-order valence-corrected chi connectivity index (χ2v) is 10.6. The standard InChI is InChI=1S/C22H28N4O2S/c1-2-29(27,28)25-20-11-9-16(13-24-20)22-21(23)18-10-8-15(14-6-7-14)12-19(18)26(22)17-4-3-5-17/h9-15,17H,2-8,23H2,1H3,(H,24,25). The smallest absolute Gasteiger partial charge is 0.233 e. The number of nitrogen functional groups attached to an aromatic ring is 1. The fourth-order valence-corrected chi connectivity index (χ4v) is 5.14. The Morgan fingerprint density at radius 2 is 2.03 bits per heavy atom. The van der Waals surface area contributed by atoms with Crippen molar-refractivity contribution in [3.05, 3.63) is 28.9 Å². The van der Waals surface area contributed by atoms with Crippen molar-refractivity contribution in [1.82, 2.24) is 9.55 Å². The molecule has 2 aromatic rings. The highest BCUT2D eigenvalue weighted by Crippen LogP contribution is 2.41. The van der Waals surface area contributed by atoms with E-state index in [0.29, 0.717) is 17.8 Å². The van der Waals surface area contributed by atoms with E-state index in [1.807, 2.05) is 6.07 Å². The number of anilines is 2. The Hall–Kier alpha value is -2.28. The molecule has 2 saturated carbocycles. The second kappa shape index (κ2) is 6.90. The van der Waals surface area contributed by atoms with Crippen molar-refractivity contribution >= 4 is 33.7 Å². The molecule has 3 aliphatic rings. The zero-order valence-corrected chi connectivity index (χ0v) is 17.6. The Morgan fingerprint density at radius 1 is 1.24 bits per heavy atom. The molecule has 0 aromatic carbocycles. The van der Waals surface area contributed by atoms with Gasteiger partial charge in [0, 0.05) is 28.4 Å². The lowest BCUT2D eigenvalue weighted by Gasteiger charge is -2.30. The number of sulfonamides is 1. The highest BCUT2D eigenvalue weighted by Gasteiger charge is 2.32. The molecule has 3 aliphatic carbocycles. The molecule has 29 heavy (non-hydrogen) atoms. The summed E-state index contributed by atoms with van der Waals surface area (Å²) < 4.78 is 28.6. The molecule has 0 saturated heterocycles. The van der Waals surface area contributed by atoms with E-state index in [2.05, 4.69) is 26.4 Å². The van der Waals surface area contributed by atoms with Crippen molar-refractivity contribution < 1.29 is 8.42 Å². The number of fused-ring (bicyclic) bond motifs is 1. The first-order valence-corrected chi connectivity index (χ1v) is 12.3. The summed E-state index contributed by atoms with van der Waals surface area (Å²) in [6.45, 7) is 1.61. The topological polar surface area (TPSA) is 90.0 Å². The molecule has 0 radical (unpaired) electrons. The van der Waals surface area contributed by atoms with Crippen LogP contribution in [0.15, 0.2) is 18.3 Å². The number of hydrogen-bond acceptors (Lipinski definition) is 4. The molecule has 0 aliphatic heterocycles. The monoisotopic (exact) mass is 412 g/mol. The van der Waals surface area contributed by atoms with E-state index in [0.717, 1.165) is 29.3 Å². The van der Waals surface area contributed by atoms with Gasteiger partial charge < -0.3 is 10.3 Å². The molecule has 2 fully saturated rings. The molecular weight excluding hydrogens is 384 g/mol. The lowest BCUT2D eigenvalue weighted by atomic mass is 9.91. The molecule has 0 bridgehead atoms. The maximum atomic E-state index is 11.8. The number of aromatic nitrogens is 2. The van der Waals surface area contributed by atoms with Crippen molar-refractivity contribution in [2.45, 2.75) is 51.5 Å². The Bertz CT molecular complexity index is 1160. The van der Waals surface area contributed by atoms with Crippen LogP contribution in [0.4, 0.5) is 11.5 Å². The minimum atomic E-state index is -3.34. The first-order chi connectivity index (χ1) is 14.0. The number of nitrogens with zero attached hydrogens (tertiary/aromatic N) is 2. The van der Waals surface area contributed by atoms with Gasteiger partial charge in [-0.1, -0.05) is 12.2 Å². The van der Waals surface area contributed by atoms with Crippen LogP contribution >= 0.6 is 0 Å². The molecule has 2 heterocycles. The quantitative estimate of drug-likeness (QED) is 0.763. The van der Waals surface area contributed by atoms with Crippen molar-refractivity contribution in [1.29, 1.82) is 0 Å². The highest BCUT2D eigenvalue weighted by molar-refractivity contribution is 7.92. The van der Waals surface area contributed by atoms with Crippen LogP contribution in [0.5, 0.6) is 0 Å². The average molecular weight is 413 g/mol. The summed E-state index contributed by atoms with van der Waals surface area (Å²) in [6, 6.07) is 4.13. The SMILES string of the molecule is CCS(=O)(=O)Nc1ccc(-c2c(N)c3c(n2C2CCC2)=CC(C2CC2)CC=3)cn1. The summed E-state index contributed by atoms with van der Waals surface area (Å²) >= 11 is 0. The van der Waals surface area contributed by atoms with Gasteiger partial charge in [-0.25, -0.2) is 13.4 Å². The van der Waals surface area contributed by atoms with Crippen LogP contribution < -0.4 is 21.0 Å². The van der Waals surface area contributed by atoms with Gasteiger partial charge in [-0.05, 0) is 69.4 Å². The van der Waals surface area contributed by atoms with Crippen molar-refractivity contribution in [2.75, 3.05) is 16.2 Å². The molecule has 3 N–H and O–H groups in total. The van der Waals surface area contributed by atoms with Crippen LogP contribution in [0, 0.1) is 11.8 Å². The molecular formula is C22H28N4O2S. The molecule has 7 heteroatoms. The molecule has 0 amide bonds. The predicted molar refractivity (Wildman–Crippen MR) is 117 cm³/mol. The van der Waals surface area contributed by atoms with Crippen LogP contribution in [0.25, 0.3) is 23.4 Å². The molecule has 2 aromatic heterocycles. The Kier molecular flexibility index (Phi) is 4.46. The highest BCUT2D eigenvalue weighted by atomic mass is 32.2. The van der Waals surface area contributed by atoms with E-state index in [4.69, 9.17) is 5.73 Å². The third kappa shape index (κ3) is 3.35. The zero-order valence-electron chi connectivity index (χ0n) is 16.8. The minimum absolute atomic E-state index is 0.0223. The number of pyridine rings is 1. The predicted octanol–water partition coefficient (Wildman–Crippen LogP) is 2.61. The summed E-state index contributed by atoms with van der Waals surface area (Å²) in [7, 11) is -3.34. The molecule has 6 nitrogen and oxygen atoms in total. The fourth-order valence-electron chi connectivity index (χ4n) is 4.55. The maximum absolute atomic E-state index is 11.8. The second-order valence-electron chi connectivity index (χ2n) is 8.56. The van der Waals surface area contributed by atoms with Crippen LogP contribution in [0.3, 0.4) is 0 Å². The Morgan fingerprint density at radius 3 is 2.62 bits per heavy atom. The summed E-state index contributed by atoms with van der Waals surface area (Å²) in [5, 5.41) is 2.45. The third-order valence-electron chi connectivity index (χ3n) is 6.63. The largest absolute Gasteiger partial charge is 0.396 e. The number of nitrogens with one attached hydrogen (secondary N) is 1. The van der Waals surface area contributed by atoms with Crippen LogP contribution in [-0.2, 0) is 10.0 Å². The van der Waals surface area contributed by atoms with Crippen LogP contribution in [0.1, 0.15) is 51.5 Å². The van der Waals surface area contributed by atoms with Gasteiger partial charge in [-0.15, -0.1) is 0 Å². The maximum Gasteiger partial charge on any atom is 0.233 e. The number of nitrogens with two attached hydrogens (primary N) is 1. The summed E-state index contributed by atoms with van der Waals surface area (Å²) in [5.74, 6) is 1.83. The van der Waals surface area contributed by atoms with Crippen molar-refractivity contribution in [3.8, 4) is 11.3 Å². The number of rotatable bonds is 6. The summed E-state index contributed by atoms with van der Waals surface area (Å²) in [5.41, 5.74) is 9.45. The molecule has 154 valence electrons. The first kappa shape index (κ1) is 18.7. The summed E-state index contributed by atoms with van der Waals surface area (Å²) in [4.78, 5) is 4.35. The first-order valence-electron chi connectivity index (χ1n) is 10.7. The number of hydrogen-bond donors (Lipinski definition) is 2. The molecule has 5 rings (SSSR count). The lowest BCUT2D eigenvalue weighted by molar-refractivity contribution is 0.311. The van der Waals surface area contributed by atoms with Gasteiger partial charge in [0.25, 0.3) is 0 Å². The average Bonchev–Trinajstić information content (AvgIpc) is 3.48. The molecule has 0 spiro atoms. The normalized spacial score (nSPS) is 21.6. The fraction of sp³-hybridized carbons (Fsp3) is 0.500. The van der Waals surface area contributed by atoms with Crippen molar-refractivity contribution in [3.63, 3.8) is 0 Å². The van der Waals surface area contributed by atoms with Gasteiger partial charge in [0.2, 0.25) is 10.0 Å².